The van der Waals surface area contributed by atoms with Crippen molar-refractivity contribution in [1.29, 1.82) is 0 Å². The molecule has 5 heteroatoms. The highest BCUT2D eigenvalue weighted by atomic mass is 16.5. The van der Waals surface area contributed by atoms with Gasteiger partial charge in [-0.05, 0) is 49.4 Å². The van der Waals surface area contributed by atoms with E-state index < -0.39 is 0 Å². The predicted molar refractivity (Wildman–Crippen MR) is 102 cm³/mol. The van der Waals surface area contributed by atoms with E-state index in [2.05, 4.69) is 30.0 Å². The second kappa shape index (κ2) is 5.02. The van der Waals surface area contributed by atoms with Crippen molar-refractivity contribution < 1.29 is 14.3 Å². The van der Waals surface area contributed by atoms with E-state index in [0.29, 0.717) is 23.9 Å². The summed E-state index contributed by atoms with van der Waals surface area (Å²) in [4.78, 5) is 19.9. The van der Waals surface area contributed by atoms with E-state index in [4.69, 9.17) is 14.5 Å². The minimum absolute atomic E-state index is 0.137. The van der Waals surface area contributed by atoms with Gasteiger partial charge < -0.3 is 9.47 Å². The van der Waals surface area contributed by atoms with Crippen LogP contribution in [0.4, 0.5) is 5.69 Å². The van der Waals surface area contributed by atoms with E-state index in [0.717, 1.165) is 30.8 Å². The lowest BCUT2D eigenvalue weighted by atomic mass is 9.66. The molecule has 4 saturated heterocycles. The number of rotatable bonds is 2. The molecule has 5 aliphatic heterocycles. The van der Waals surface area contributed by atoms with Crippen molar-refractivity contribution in [2.75, 3.05) is 13.7 Å². The maximum atomic E-state index is 12.1. The van der Waals surface area contributed by atoms with Crippen molar-refractivity contribution in [3.63, 3.8) is 0 Å². The third-order valence-corrected chi connectivity index (χ3v) is 7.78. The summed E-state index contributed by atoms with van der Waals surface area (Å²) in [7, 11) is 1.70. The van der Waals surface area contributed by atoms with Gasteiger partial charge in [0.15, 0.2) is 0 Å². The molecule has 1 aromatic rings. The van der Waals surface area contributed by atoms with E-state index in [-0.39, 0.29) is 17.5 Å². The number of piperidine rings is 4. The van der Waals surface area contributed by atoms with Gasteiger partial charge in [0.1, 0.15) is 11.9 Å². The molecule has 7 unspecified atom stereocenters. The second-order valence-electron chi connectivity index (χ2n) is 8.62. The molecule has 140 valence electrons. The topological polar surface area (TPSA) is 51.1 Å². The Morgan fingerprint density at radius 2 is 2.26 bits per heavy atom. The van der Waals surface area contributed by atoms with E-state index >= 15 is 0 Å². The fourth-order valence-electron chi connectivity index (χ4n) is 6.93. The molecule has 7 rings (SSSR count). The van der Waals surface area contributed by atoms with E-state index in [1.165, 1.54) is 16.8 Å². The highest BCUT2D eigenvalue weighted by Crippen LogP contribution is 2.66. The smallest absolute Gasteiger partial charge is 0.302 e. The van der Waals surface area contributed by atoms with Crippen LogP contribution >= 0.6 is 0 Å². The first-order chi connectivity index (χ1) is 13.1. The first kappa shape index (κ1) is 15.9. The Kier molecular flexibility index (Phi) is 2.95. The largest absolute Gasteiger partial charge is 0.497 e. The molecule has 1 aromatic carbocycles. The van der Waals surface area contributed by atoms with Gasteiger partial charge in [-0.1, -0.05) is 11.6 Å². The number of allylic oxidation sites excluding steroid dienone is 1. The van der Waals surface area contributed by atoms with Crippen LogP contribution in [0.15, 0.2) is 34.8 Å². The van der Waals surface area contributed by atoms with Crippen LogP contribution in [-0.2, 0) is 14.9 Å². The van der Waals surface area contributed by atoms with Crippen molar-refractivity contribution in [3.05, 3.63) is 35.4 Å². The molecule has 1 spiro atoms. The number of fused-ring (bicyclic) bond motifs is 2. The molecule has 27 heavy (non-hydrogen) atoms. The second-order valence-corrected chi connectivity index (χ2v) is 8.62. The van der Waals surface area contributed by atoms with E-state index in [9.17, 15) is 4.79 Å². The van der Waals surface area contributed by atoms with Crippen molar-refractivity contribution in [2.45, 2.75) is 50.3 Å². The van der Waals surface area contributed by atoms with Gasteiger partial charge in [0, 0.05) is 25.4 Å². The van der Waals surface area contributed by atoms with Gasteiger partial charge in [-0.2, -0.15) is 0 Å². The van der Waals surface area contributed by atoms with Crippen LogP contribution in [0.5, 0.6) is 5.75 Å². The number of ether oxygens (including phenoxy) is 2. The molecule has 5 heterocycles. The zero-order valence-corrected chi connectivity index (χ0v) is 15.9. The lowest BCUT2D eigenvalue weighted by molar-refractivity contribution is -0.152. The molecular formula is C22H24N2O3. The maximum absolute atomic E-state index is 12.1. The third kappa shape index (κ3) is 1.70. The summed E-state index contributed by atoms with van der Waals surface area (Å²) in [5, 5.41) is 0. The molecular weight excluding hydrogens is 340 g/mol. The van der Waals surface area contributed by atoms with Crippen molar-refractivity contribution in [1.82, 2.24) is 4.90 Å². The van der Waals surface area contributed by atoms with Crippen molar-refractivity contribution >= 4 is 17.4 Å². The Bertz CT molecular complexity index is 935. The van der Waals surface area contributed by atoms with Gasteiger partial charge in [-0.15, -0.1) is 0 Å². The summed E-state index contributed by atoms with van der Waals surface area (Å²) < 4.78 is 11.6. The van der Waals surface area contributed by atoms with Crippen molar-refractivity contribution in [3.8, 4) is 5.75 Å². The number of hydrogen-bond acceptors (Lipinski definition) is 5. The molecule has 5 nitrogen and oxygen atoms in total. The van der Waals surface area contributed by atoms with Gasteiger partial charge in [-0.25, -0.2) is 0 Å². The number of hydrogen-bond donors (Lipinski definition) is 0. The first-order valence-electron chi connectivity index (χ1n) is 9.94. The first-order valence-corrected chi connectivity index (χ1v) is 9.94. The van der Waals surface area contributed by atoms with Gasteiger partial charge in [0.25, 0.3) is 0 Å². The summed E-state index contributed by atoms with van der Waals surface area (Å²) in [6.07, 6.45) is 4.24. The van der Waals surface area contributed by atoms with Crippen LogP contribution in [0.3, 0.4) is 0 Å². The van der Waals surface area contributed by atoms with Crippen LogP contribution in [0.25, 0.3) is 0 Å². The van der Waals surface area contributed by atoms with Crippen LogP contribution in [0, 0.1) is 11.8 Å². The summed E-state index contributed by atoms with van der Waals surface area (Å²) in [5.74, 6) is 1.52. The molecule has 7 atom stereocenters. The maximum Gasteiger partial charge on any atom is 0.302 e. The number of carbonyl (C=O) groups is 1. The normalized spacial score (nSPS) is 43.5. The highest BCUT2D eigenvalue weighted by molar-refractivity contribution is 6.08. The Morgan fingerprint density at radius 3 is 3.00 bits per heavy atom. The van der Waals surface area contributed by atoms with Gasteiger partial charge in [-0.3, -0.25) is 14.7 Å². The Hall–Kier alpha value is -2.14. The SMILES string of the molecule is C/C=C1/CN2C3CC1C1C2CC2(C3=Nc3ccc(OC)cc32)C1OC(C)=O. The standard InChI is InChI=1S/C22H24N2O3/c1-4-12-10-24-17-8-14(12)19-18(24)9-22(21(19)27-11(2)25)15-7-13(26-3)5-6-16(15)23-20(17)22/h4-7,14,17-19,21H,8-10H2,1-3H3/b12-4-. The van der Waals surface area contributed by atoms with Crippen LogP contribution < -0.4 is 4.74 Å². The van der Waals surface area contributed by atoms with Crippen LogP contribution in [0.1, 0.15) is 32.3 Å². The molecule has 6 aliphatic rings. The van der Waals surface area contributed by atoms with Crippen LogP contribution in [-0.4, -0.2) is 48.4 Å². The van der Waals surface area contributed by atoms with Crippen molar-refractivity contribution in [2.24, 2.45) is 16.8 Å². The Morgan fingerprint density at radius 1 is 1.41 bits per heavy atom. The summed E-state index contributed by atoms with van der Waals surface area (Å²) in [6, 6.07) is 7.01. The molecule has 1 aliphatic carbocycles. The Labute approximate surface area is 159 Å². The molecule has 5 fully saturated rings. The molecule has 0 aromatic heterocycles. The lowest BCUT2D eigenvalue weighted by Gasteiger charge is -2.55. The summed E-state index contributed by atoms with van der Waals surface area (Å²) in [6.45, 7) is 4.72. The third-order valence-electron chi connectivity index (χ3n) is 7.78. The fraction of sp³-hybridized carbons (Fsp3) is 0.545. The van der Waals surface area contributed by atoms with Gasteiger partial charge >= 0.3 is 5.97 Å². The van der Waals surface area contributed by atoms with Crippen LogP contribution in [0.2, 0.25) is 0 Å². The minimum atomic E-state index is -0.274. The lowest BCUT2D eigenvalue weighted by Crippen LogP contribution is -2.64. The van der Waals surface area contributed by atoms with Gasteiger partial charge in [0.2, 0.25) is 0 Å². The summed E-state index contributed by atoms with van der Waals surface area (Å²) in [5.41, 5.74) is 4.69. The Balaban J connectivity index is 1.60. The molecule has 1 saturated carbocycles. The minimum Gasteiger partial charge on any atom is -0.497 e. The zero-order chi connectivity index (χ0) is 18.5. The number of nitrogens with zero attached hydrogens (tertiary/aromatic N) is 2. The molecule has 0 amide bonds. The summed E-state index contributed by atoms with van der Waals surface area (Å²) >= 11 is 0. The number of methoxy groups -OCH3 is 1. The van der Waals surface area contributed by atoms with Gasteiger partial charge in [0.05, 0.1) is 30.0 Å². The molecule has 0 radical (unpaired) electrons. The monoisotopic (exact) mass is 364 g/mol. The number of benzene rings is 1. The number of carbonyl (C=O) groups excluding carboxylic acids is 1. The fourth-order valence-corrected chi connectivity index (χ4v) is 6.93. The molecule has 5 bridgehead atoms. The average Bonchev–Trinajstić information content (AvgIpc) is 3.14. The quantitative estimate of drug-likeness (QED) is 0.598. The predicted octanol–water partition coefficient (Wildman–Crippen LogP) is 3.00. The zero-order valence-electron chi connectivity index (χ0n) is 15.9. The number of aliphatic imine (C=N–C) groups is 1. The number of esters is 1. The van der Waals surface area contributed by atoms with E-state index in [1.807, 2.05) is 6.07 Å². The highest BCUT2D eigenvalue weighted by Gasteiger charge is 2.73. The molecule has 0 N–H and O–H groups in total. The van der Waals surface area contributed by atoms with E-state index in [1.54, 1.807) is 14.0 Å². The average molecular weight is 364 g/mol.